The molecule has 208 valence electrons. The average Bonchev–Trinajstić information content (AvgIpc) is 3.71. The molecule has 3 N–H and O–H groups in total. The second-order valence-corrected chi connectivity index (χ2v) is 11.4. The summed E-state index contributed by atoms with van der Waals surface area (Å²) in [5, 5.41) is 19.6. The number of urea groups is 1. The molecule has 0 spiro atoms. The van der Waals surface area contributed by atoms with Crippen LogP contribution >= 0.6 is 22.7 Å². The minimum atomic E-state index is -1.05. The largest absolute Gasteiger partial charge is 0.481 e. The van der Waals surface area contributed by atoms with E-state index in [-0.39, 0.29) is 12.8 Å². The Morgan fingerprint density at radius 2 is 1.67 bits per heavy atom. The molecule has 3 heterocycles. The van der Waals surface area contributed by atoms with Gasteiger partial charge in [0.15, 0.2) is 11.5 Å². The van der Waals surface area contributed by atoms with E-state index < -0.39 is 29.9 Å². The summed E-state index contributed by atoms with van der Waals surface area (Å²) in [6.07, 6.45) is 1.98. The first-order valence-corrected chi connectivity index (χ1v) is 14.6. The van der Waals surface area contributed by atoms with E-state index in [9.17, 15) is 19.5 Å². The van der Waals surface area contributed by atoms with Crippen LogP contribution in [0.5, 0.6) is 11.5 Å². The normalized spacial score (nSPS) is 14.3. The first-order chi connectivity index (χ1) is 18.9. The molecule has 3 amide bonds. The van der Waals surface area contributed by atoms with Crippen molar-refractivity contribution in [3.05, 3.63) is 68.5 Å². The predicted molar refractivity (Wildman–Crippen MR) is 150 cm³/mol. The molecule has 0 fully saturated rings. The number of carbonyl (C=O) groups is 3. The number of ether oxygens (including phenoxy) is 2. The summed E-state index contributed by atoms with van der Waals surface area (Å²) >= 11 is 3.14. The quantitative estimate of drug-likeness (QED) is 0.253. The monoisotopic (exact) mass is 571 g/mol. The number of nitrogens with zero attached hydrogens (tertiary/aromatic N) is 1. The number of nitrogens with one attached hydrogen (secondary N) is 2. The number of unbranched alkanes of at least 4 members (excludes halogenated alkanes) is 1. The van der Waals surface area contributed by atoms with Crippen molar-refractivity contribution in [3.63, 3.8) is 0 Å². The Kier molecular flexibility index (Phi) is 9.83. The van der Waals surface area contributed by atoms with Crippen LogP contribution in [-0.4, -0.2) is 40.7 Å². The van der Waals surface area contributed by atoms with Crippen molar-refractivity contribution in [3.8, 4) is 11.5 Å². The van der Waals surface area contributed by atoms with Crippen LogP contribution in [0.4, 0.5) is 4.79 Å². The van der Waals surface area contributed by atoms with Gasteiger partial charge in [0, 0.05) is 9.75 Å². The van der Waals surface area contributed by atoms with Crippen LogP contribution in [0.3, 0.4) is 0 Å². The molecular formula is C28H33N3O6S2. The number of thiophene rings is 2. The molecule has 0 aliphatic carbocycles. The highest BCUT2D eigenvalue weighted by atomic mass is 32.1. The van der Waals surface area contributed by atoms with Gasteiger partial charge in [-0.1, -0.05) is 38.0 Å². The van der Waals surface area contributed by atoms with Gasteiger partial charge in [0.2, 0.25) is 12.7 Å². The summed E-state index contributed by atoms with van der Waals surface area (Å²) in [5.41, 5.74) is 0.583. The van der Waals surface area contributed by atoms with Gasteiger partial charge >= 0.3 is 12.0 Å². The molecule has 1 unspecified atom stereocenters. The van der Waals surface area contributed by atoms with Crippen LogP contribution < -0.4 is 20.1 Å². The number of carboxylic acid groups (broad SMARTS) is 1. The minimum Gasteiger partial charge on any atom is -0.481 e. The van der Waals surface area contributed by atoms with Gasteiger partial charge in [-0.05, 0) is 53.9 Å². The fraction of sp³-hybridized carbons (Fsp3) is 0.393. The minimum absolute atomic E-state index is 0.0862. The highest BCUT2D eigenvalue weighted by Gasteiger charge is 2.32. The van der Waals surface area contributed by atoms with E-state index in [0.29, 0.717) is 36.6 Å². The lowest BCUT2D eigenvalue weighted by Gasteiger charge is -2.28. The average molecular weight is 572 g/mol. The van der Waals surface area contributed by atoms with Crippen molar-refractivity contribution in [2.75, 3.05) is 6.79 Å². The smallest absolute Gasteiger partial charge is 0.318 e. The second kappa shape index (κ2) is 13.5. The molecule has 1 aliphatic heterocycles. The highest BCUT2D eigenvalue weighted by molar-refractivity contribution is 7.10. The zero-order chi connectivity index (χ0) is 27.8. The Morgan fingerprint density at radius 3 is 2.26 bits per heavy atom. The van der Waals surface area contributed by atoms with Crippen LogP contribution in [0.25, 0.3) is 0 Å². The number of carboxylic acids is 1. The third-order valence-corrected chi connectivity index (χ3v) is 8.27. The third kappa shape index (κ3) is 7.51. The fourth-order valence-electron chi connectivity index (χ4n) is 4.30. The number of amides is 3. The zero-order valence-corrected chi connectivity index (χ0v) is 23.6. The third-order valence-electron chi connectivity index (χ3n) is 6.54. The molecule has 0 bridgehead atoms. The van der Waals surface area contributed by atoms with Crippen LogP contribution in [0, 0.1) is 5.92 Å². The second-order valence-electron chi connectivity index (χ2n) is 9.38. The van der Waals surface area contributed by atoms with E-state index in [1.54, 1.807) is 52.7 Å². The van der Waals surface area contributed by atoms with E-state index >= 15 is 0 Å². The number of carbonyl (C=O) groups excluding carboxylic acids is 2. The lowest BCUT2D eigenvalue weighted by molar-refractivity contribution is -0.142. The van der Waals surface area contributed by atoms with Crippen LogP contribution in [-0.2, 0) is 22.7 Å². The van der Waals surface area contributed by atoms with E-state index in [2.05, 4.69) is 10.6 Å². The standard InChI is InChI=1S/C28H33N3O6S2/c1-3-4-9-22(29-28(35)31(15-20-7-5-12-38-20)16-21-8-6-13-39-21)26(32)30-25(18(2)27(33)34)19-10-11-23-24(14-19)37-17-36-23/h5-8,10-14,18,22,25H,3-4,9,15-17H2,1-2H3,(H,29,35)(H,30,32)(H,33,34)/t18?,22-,25+/m1/s1. The van der Waals surface area contributed by atoms with Gasteiger partial charge in [-0.2, -0.15) is 0 Å². The molecule has 1 aromatic carbocycles. The van der Waals surface area contributed by atoms with Crippen LogP contribution in [0.2, 0.25) is 0 Å². The molecular weight excluding hydrogens is 538 g/mol. The molecule has 9 nitrogen and oxygen atoms in total. The van der Waals surface area contributed by atoms with Crippen LogP contribution in [0.1, 0.15) is 54.5 Å². The van der Waals surface area contributed by atoms with Crippen molar-refractivity contribution in [2.24, 2.45) is 5.92 Å². The first kappa shape index (κ1) is 28.4. The number of hydrogen-bond acceptors (Lipinski definition) is 7. The number of rotatable bonds is 13. The Bertz CT molecular complexity index is 1210. The van der Waals surface area contributed by atoms with Crippen LogP contribution in [0.15, 0.2) is 53.2 Å². The summed E-state index contributed by atoms with van der Waals surface area (Å²) in [7, 11) is 0. The molecule has 0 radical (unpaired) electrons. The first-order valence-electron chi connectivity index (χ1n) is 12.9. The molecule has 11 heteroatoms. The van der Waals surface area contributed by atoms with Crippen molar-refractivity contribution in [2.45, 2.75) is 58.3 Å². The molecule has 3 atom stereocenters. The van der Waals surface area contributed by atoms with E-state index in [1.165, 1.54) is 0 Å². The van der Waals surface area contributed by atoms with Gasteiger partial charge in [-0.25, -0.2) is 4.79 Å². The Morgan fingerprint density at radius 1 is 1.00 bits per heavy atom. The maximum atomic E-state index is 13.6. The highest BCUT2D eigenvalue weighted by Crippen LogP contribution is 2.36. The van der Waals surface area contributed by atoms with Gasteiger partial charge in [-0.15, -0.1) is 22.7 Å². The molecule has 0 saturated heterocycles. The summed E-state index contributed by atoms with van der Waals surface area (Å²) in [4.78, 5) is 42.8. The SMILES string of the molecule is CCCC[C@@H](NC(=O)N(Cc1cccs1)Cc1cccs1)C(=O)N[C@H](c1ccc2c(c1)OCO2)C(C)C(=O)O. The van der Waals surface area contributed by atoms with Gasteiger partial charge in [0.05, 0.1) is 25.0 Å². The molecule has 0 saturated carbocycles. The molecule has 2 aromatic heterocycles. The van der Waals surface area contributed by atoms with Crippen molar-refractivity contribution in [1.29, 1.82) is 0 Å². The van der Waals surface area contributed by atoms with Gasteiger partial charge in [0.25, 0.3) is 0 Å². The predicted octanol–water partition coefficient (Wildman–Crippen LogP) is 5.39. The molecule has 4 rings (SSSR count). The fourth-order valence-corrected chi connectivity index (χ4v) is 5.74. The summed E-state index contributed by atoms with van der Waals surface area (Å²) in [5.74, 6) is -1.34. The van der Waals surface area contributed by atoms with E-state index in [1.807, 2.05) is 41.9 Å². The zero-order valence-electron chi connectivity index (χ0n) is 21.9. The lowest BCUT2D eigenvalue weighted by atomic mass is 9.93. The number of benzene rings is 1. The maximum Gasteiger partial charge on any atom is 0.318 e. The summed E-state index contributed by atoms with van der Waals surface area (Å²) < 4.78 is 10.8. The lowest BCUT2D eigenvalue weighted by Crippen LogP contribution is -2.52. The number of hydrogen-bond donors (Lipinski definition) is 3. The Labute approximate surface area is 235 Å². The van der Waals surface area contributed by atoms with Gasteiger partial charge in [0.1, 0.15) is 6.04 Å². The molecule has 1 aliphatic rings. The van der Waals surface area contributed by atoms with Gasteiger partial charge in [-0.3, -0.25) is 9.59 Å². The summed E-state index contributed by atoms with van der Waals surface area (Å²) in [6.45, 7) is 4.47. The summed E-state index contributed by atoms with van der Waals surface area (Å²) in [6, 6.07) is 10.9. The van der Waals surface area contributed by atoms with E-state index in [0.717, 1.165) is 22.6 Å². The maximum absolute atomic E-state index is 13.6. The Hall–Kier alpha value is -3.57. The van der Waals surface area contributed by atoms with E-state index in [4.69, 9.17) is 9.47 Å². The topological polar surface area (TPSA) is 117 Å². The van der Waals surface area contributed by atoms with Gasteiger partial charge < -0.3 is 30.1 Å². The number of aliphatic carboxylic acids is 1. The van der Waals surface area contributed by atoms with Crippen molar-refractivity contribution >= 4 is 40.6 Å². The molecule has 39 heavy (non-hydrogen) atoms. The van der Waals surface area contributed by atoms with Crippen molar-refractivity contribution < 1.29 is 29.0 Å². The molecule has 3 aromatic rings. The Balaban J connectivity index is 1.53. The number of fused-ring (bicyclic) bond motifs is 1. The van der Waals surface area contributed by atoms with Crippen molar-refractivity contribution in [1.82, 2.24) is 15.5 Å².